The zero-order chi connectivity index (χ0) is 24.8. The second-order valence-electron chi connectivity index (χ2n) is 6.91. The number of aromatic nitrogens is 1. The van der Waals surface area contributed by atoms with Gasteiger partial charge in [0.1, 0.15) is 29.4 Å². The van der Waals surface area contributed by atoms with Crippen LogP contribution in [0.1, 0.15) is 26.3 Å². The van der Waals surface area contributed by atoms with Crippen LogP contribution in [0.2, 0.25) is 0 Å². The molecule has 13 heteroatoms. The Morgan fingerprint density at radius 3 is 2.60 bits per heavy atom. The standard InChI is InChI=1S/C22H20N4O7S2/c1-2-30-21(29)19-17-16(31-9-10-32-17)18(35-19)20(28)24-22(34)26-25-14(27)11-33-13-7-3-5-12-6-4-8-23-15(12)13/h3-8H,2,9-11H2,1H3,(H,25,27)(H2,24,26,28,34). The van der Waals surface area contributed by atoms with Crippen LogP contribution >= 0.6 is 23.6 Å². The minimum Gasteiger partial charge on any atom is -0.484 e. The summed E-state index contributed by atoms with van der Waals surface area (Å²) in [5.41, 5.74) is 5.41. The third-order valence-corrected chi connectivity index (χ3v) is 5.90. The van der Waals surface area contributed by atoms with Crippen molar-refractivity contribution in [1.29, 1.82) is 0 Å². The van der Waals surface area contributed by atoms with Gasteiger partial charge in [-0.25, -0.2) is 4.79 Å². The minimum atomic E-state index is -0.642. The van der Waals surface area contributed by atoms with Crippen LogP contribution in [0.3, 0.4) is 0 Å². The summed E-state index contributed by atoms with van der Waals surface area (Å²) < 4.78 is 21.6. The van der Waals surface area contributed by atoms with Crippen molar-refractivity contribution >= 4 is 57.4 Å². The van der Waals surface area contributed by atoms with Gasteiger partial charge in [0.2, 0.25) is 0 Å². The number of benzene rings is 1. The van der Waals surface area contributed by atoms with E-state index in [4.69, 9.17) is 31.2 Å². The highest BCUT2D eigenvalue weighted by atomic mass is 32.1. The van der Waals surface area contributed by atoms with Crippen molar-refractivity contribution in [2.75, 3.05) is 26.4 Å². The average Bonchev–Trinajstić information content (AvgIpc) is 3.26. The topological polar surface area (TPSA) is 137 Å². The van der Waals surface area contributed by atoms with E-state index in [0.717, 1.165) is 16.7 Å². The molecule has 182 valence electrons. The number of thiophene rings is 1. The lowest BCUT2D eigenvalue weighted by Crippen LogP contribution is -2.49. The molecule has 0 aliphatic carbocycles. The molecular weight excluding hydrogens is 496 g/mol. The number of amides is 2. The van der Waals surface area contributed by atoms with Gasteiger partial charge >= 0.3 is 5.97 Å². The fourth-order valence-electron chi connectivity index (χ4n) is 3.12. The Kier molecular flexibility index (Phi) is 7.57. The van der Waals surface area contributed by atoms with Crippen molar-refractivity contribution in [3.8, 4) is 17.2 Å². The van der Waals surface area contributed by atoms with Gasteiger partial charge < -0.3 is 18.9 Å². The van der Waals surface area contributed by atoms with Crippen molar-refractivity contribution in [3.63, 3.8) is 0 Å². The maximum atomic E-state index is 12.7. The van der Waals surface area contributed by atoms with Crippen LogP contribution in [0, 0.1) is 0 Å². The van der Waals surface area contributed by atoms with Gasteiger partial charge in [0, 0.05) is 11.6 Å². The summed E-state index contributed by atoms with van der Waals surface area (Å²) in [6, 6.07) is 9.08. The van der Waals surface area contributed by atoms with Crippen molar-refractivity contribution in [2.45, 2.75) is 6.92 Å². The van der Waals surface area contributed by atoms with Crippen LogP contribution in [0.4, 0.5) is 0 Å². The van der Waals surface area contributed by atoms with Crippen molar-refractivity contribution in [1.82, 2.24) is 21.2 Å². The van der Waals surface area contributed by atoms with E-state index in [0.29, 0.717) is 11.3 Å². The number of rotatable bonds is 6. The predicted octanol–water partition coefficient (Wildman–Crippen LogP) is 1.96. The number of hydrogen-bond acceptors (Lipinski definition) is 10. The van der Waals surface area contributed by atoms with Crippen LogP contribution < -0.4 is 30.4 Å². The summed E-state index contributed by atoms with van der Waals surface area (Å²) in [6.45, 7) is 1.98. The van der Waals surface area contributed by atoms with Crippen molar-refractivity contribution in [2.24, 2.45) is 0 Å². The van der Waals surface area contributed by atoms with Gasteiger partial charge in [0.15, 0.2) is 28.1 Å². The molecule has 3 N–H and O–H groups in total. The maximum absolute atomic E-state index is 12.7. The van der Waals surface area contributed by atoms with Gasteiger partial charge in [-0.05, 0) is 31.3 Å². The summed E-state index contributed by atoms with van der Waals surface area (Å²) >= 11 is 5.94. The summed E-state index contributed by atoms with van der Waals surface area (Å²) in [7, 11) is 0. The van der Waals surface area contributed by atoms with E-state index in [-0.39, 0.29) is 52.8 Å². The summed E-state index contributed by atoms with van der Waals surface area (Å²) in [5.74, 6) is -1.03. The van der Waals surface area contributed by atoms with E-state index in [9.17, 15) is 14.4 Å². The normalized spacial score (nSPS) is 11.9. The average molecular weight is 517 g/mol. The number of carbonyl (C=O) groups is 3. The van der Waals surface area contributed by atoms with Crippen LogP contribution in [-0.4, -0.2) is 54.3 Å². The third-order valence-electron chi connectivity index (χ3n) is 4.56. The van der Waals surface area contributed by atoms with Gasteiger partial charge in [-0.3, -0.25) is 30.7 Å². The first-order valence-corrected chi connectivity index (χ1v) is 11.7. The molecule has 11 nitrogen and oxygen atoms in total. The second-order valence-corrected chi connectivity index (χ2v) is 8.34. The first-order chi connectivity index (χ1) is 17.0. The molecule has 0 saturated heterocycles. The number of esters is 1. The molecule has 0 bridgehead atoms. The predicted molar refractivity (Wildman–Crippen MR) is 130 cm³/mol. The molecule has 0 radical (unpaired) electrons. The van der Waals surface area contributed by atoms with Crippen molar-refractivity contribution in [3.05, 3.63) is 46.3 Å². The zero-order valence-electron chi connectivity index (χ0n) is 18.4. The number of para-hydroxylation sites is 1. The molecule has 0 atom stereocenters. The Bertz CT molecular complexity index is 1290. The van der Waals surface area contributed by atoms with Gasteiger partial charge in [0.05, 0.1) is 6.61 Å². The van der Waals surface area contributed by atoms with Gasteiger partial charge in [0.25, 0.3) is 11.8 Å². The molecular formula is C22H20N4O7S2. The summed E-state index contributed by atoms with van der Waals surface area (Å²) in [5, 5.41) is 3.13. The summed E-state index contributed by atoms with van der Waals surface area (Å²) in [4.78, 5) is 41.6. The van der Waals surface area contributed by atoms with E-state index in [1.54, 1.807) is 31.3 Å². The Morgan fingerprint density at radius 2 is 1.83 bits per heavy atom. The van der Waals surface area contributed by atoms with Gasteiger partial charge in [-0.1, -0.05) is 18.2 Å². The Balaban J connectivity index is 1.32. The number of hydrazine groups is 1. The van der Waals surface area contributed by atoms with Crippen molar-refractivity contribution < 1.29 is 33.3 Å². The Hall–Kier alpha value is -3.97. The quantitative estimate of drug-likeness (QED) is 0.253. The third kappa shape index (κ3) is 5.58. The molecule has 1 aliphatic rings. The zero-order valence-corrected chi connectivity index (χ0v) is 20.0. The molecule has 0 fully saturated rings. The van der Waals surface area contributed by atoms with E-state index in [1.807, 2.05) is 12.1 Å². The first kappa shape index (κ1) is 24.2. The molecule has 4 rings (SSSR count). The van der Waals surface area contributed by atoms with Crippen LogP contribution in [0.5, 0.6) is 17.2 Å². The van der Waals surface area contributed by atoms with E-state index in [1.165, 1.54) is 0 Å². The molecule has 35 heavy (non-hydrogen) atoms. The minimum absolute atomic E-state index is 0.0880. The van der Waals surface area contributed by atoms with E-state index < -0.39 is 17.8 Å². The molecule has 0 saturated carbocycles. The lowest BCUT2D eigenvalue weighted by Gasteiger charge is -2.17. The maximum Gasteiger partial charge on any atom is 0.352 e. The molecule has 2 aromatic heterocycles. The molecule has 1 aliphatic heterocycles. The Morgan fingerprint density at radius 1 is 1.09 bits per heavy atom. The molecule has 3 heterocycles. The smallest absolute Gasteiger partial charge is 0.352 e. The molecule has 2 amide bonds. The number of ether oxygens (including phenoxy) is 4. The van der Waals surface area contributed by atoms with Crippen LogP contribution in [-0.2, 0) is 9.53 Å². The summed E-state index contributed by atoms with van der Waals surface area (Å²) in [6.07, 6.45) is 1.63. The number of thiocarbonyl (C=S) groups is 1. The highest BCUT2D eigenvalue weighted by molar-refractivity contribution is 7.80. The first-order valence-electron chi connectivity index (χ1n) is 10.4. The number of nitrogens with one attached hydrogen (secondary N) is 3. The van der Waals surface area contributed by atoms with Crippen LogP contribution in [0.25, 0.3) is 10.9 Å². The molecule has 0 spiro atoms. The van der Waals surface area contributed by atoms with Gasteiger partial charge in [-0.15, -0.1) is 11.3 Å². The number of nitrogens with zero attached hydrogens (tertiary/aromatic N) is 1. The fraction of sp³-hybridized carbons (Fsp3) is 0.227. The van der Waals surface area contributed by atoms with E-state index >= 15 is 0 Å². The lowest BCUT2D eigenvalue weighted by atomic mass is 10.2. The molecule has 0 unspecified atom stereocenters. The number of hydrogen-bond donors (Lipinski definition) is 3. The number of pyridine rings is 1. The largest absolute Gasteiger partial charge is 0.484 e. The Labute approximate surface area is 208 Å². The fourth-order valence-corrected chi connectivity index (χ4v) is 4.24. The van der Waals surface area contributed by atoms with Gasteiger partial charge in [-0.2, -0.15) is 0 Å². The second kappa shape index (κ2) is 11.0. The highest BCUT2D eigenvalue weighted by Gasteiger charge is 2.32. The molecule has 3 aromatic rings. The number of carbonyl (C=O) groups excluding carboxylic acids is 3. The van der Waals surface area contributed by atoms with E-state index in [2.05, 4.69) is 21.2 Å². The monoisotopic (exact) mass is 516 g/mol. The lowest BCUT2D eigenvalue weighted by molar-refractivity contribution is -0.123. The highest BCUT2D eigenvalue weighted by Crippen LogP contribution is 2.44. The number of fused-ring (bicyclic) bond motifs is 2. The molecule has 1 aromatic carbocycles. The SMILES string of the molecule is CCOC(=O)c1sc(C(=O)NC(=S)NNC(=O)COc2cccc3cccnc23)c2c1OCCO2. The van der Waals surface area contributed by atoms with Crippen LogP contribution in [0.15, 0.2) is 36.5 Å².